The molecule has 2 heterocycles. The van der Waals surface area contributed by atoms with E-state index < -0.39 is 0 Å². The van der Waals surface area contributed by atoms with Crippen molar-refractivity contribution in [1.29, 1.82) is 0 Å². The molecule has 82 valence electrons. The zero-order valence-corrected chi connectivity index (χ0v) is 9.42. The van der Waals surface area contributed by atoms with Gasteiger partial charge in [-0.25, -0.2) is 4.98 Å². The highest BCUT2D eigenvalue weighted by molar-refractivity contribution is 5.19. The summed E-state index contributed by atoms with van der Waals surface area (Å²) < 4.78 is 2.45. The fourth-order valence-electron chi connectivity index (χ4n) is 2.52. The monoisotopic (exact) mass is 205 g/mol. The van der Waals surface area contributed by atoms with Gasteiger partial charge in [0.1, 0.15) is 5.82 Å². The minimum absolute atomic E-state index is 0.965. The summed E-state index contributed by atoms with van der Waals surface area (Å²) in [6, 6.07) is 0. The van der Waals surface area contributed by atoms with Crippen molar-refractivity contribution in [3.05, 3.63) is 17.2 Å². The molecule has 0 saturated heterocycles. The first-order chi connectivity index (χ1) is 7.34. The van der Waals surface area contributed by atoms with Crippen LogP contribution in [0.1, 0.15) is 36.5 Å². The zero-order chi connectivity index (χ0) is 10.3. The maximum Gasteiger partial charge on any atom is 0.106 e. The van der Waals surface area contributed by atoms with Crippen LogP contribution in [0.5, 0.6) is 0 Å². The smallest absolute Gasteiger partial charge is 0.106 e. The van der Waals surface area contributed by atoms with Crippen molar-refractivity contribution < 1.29 is 0 Å². The number of nitrogens with one attached hydrogen (secondary N) is 1. The molecule has 1 N–H and O–H groups in total. The molecule has 3 nitrogen and oxygen atoms in total. The second kappa shape index (κ2) is 3.63. The molecule has 3 rings (SSSR count). The number of nitrogens with zero attached hydrogens (tertiary/aromatic N) is 2. The molecule has 0 radical (unpaired) electrons. The predicted octanol–water partition coefficient (Wildman–Crippen LogP) is 1.64. The van der Waals surface area contributed by atoms with Crippen molar-refractivity contribution in [2.45, 2.75) is 45.7 Å². The van der Waals surface area contributed by atoms with Gasteiger partial charge in [-0.15, -0.1) is 0 Å². The second-order valence-corrected chi connectivity index (χ2v) is 4.86. The summed E-state index contributed by atoms with van der Waals surface area (Å²) in [5, 5.41) is 3.38. The Morgan fingerprint density at radius 1 is 1.47 bits per heavy atom. The molecule has 3 heteroatoms. The molecule has 0 atom stereocenters. The van der Waals surface area contributed by atoms with Crippen LogP contribution in [-0.2, 0) is 19.5 Å². The van der Waals surface area contributed by atoms with Gasteiger partial charge in [0.25, 0.3) is 0 Å². The van der Waals surface area contributed by atoms with Gasteiger partial charge in [-0.3, -0.25) is 0 Å². The van der Waals surface area contributed by atoms with Crippen LogP contribution in [0.15, 0.2) is 0 Å². The van der Waals surface area contributed by atoms with Crippen LogP contribution in [-0.4, -0.2) is 16.1 Å². The minimum atomic E-state index is 0.965. The standard InChI is InChI=1S/C12H19N3/c1-9-14-11-8-13-6-4-12(11)15(9)7-5-10-2-3-10/h10,13H,2-8H2,1H3. The Morgan fingerprint density at radius 2 is 2.33 bits per heavy atom. The van der Waals surface area contributed by atoms with Crippen molar-refractivity contribution in [2.24, 2.45) is 5.92 Å². The quantitative estimate of drug-likeness (QED) is 0.813. The highest BCUT2D eigenvalue weighted by Gasteiger charge is 2.23. The van der Waals surface area contributed by atoms with E-state index in [1.165, 1.54) is 43.0 Å². The summed E-state index contributed by atoms with van der Waals surface area (Å²) in [7, 11) is 0. The Balaban J connectivity index is 1.81. The maximum atomic E-state index is 4.65. The summed E-state index contributed by atoms with van der Waals surface area (Å²) in [6.07, 6.45) is 5.42. The molecule has 0 aromatic carbocycles. The fourth-order valence-corrected chi connectivity index (χ4v) is 2.52. The average Bonchev–Trinajstić information content (AvgIpc) is 3.00. The summed E-state index contributed by atoms with van der Waals surface area (Å²) >= 11 is 0. The van der Waals surface area contributed by atoms with E-state index in [9.17, 15) is 0 Å². The molecule has 2 aliphatic rings. The van der Waals surface area contributed by atoms with Crippen LogP contribution in [0.4, 0.5) is 0 Å². The predicted molar refractivity (Wildman–Crippen MR) is 59.7 cm³/mol. The summed E-state index contributed by atoms with van der Waals surface area (Å²) in [5.41, 5.74) is 2.78. The lowest BCUT2D eigenvalue weighted by Gasteiger charge is -2.15. The van der Waals surface area contributed by atoms with Crippen LogP contribution in [0, 0.1) is 12.8 Å². The second-order valence-electron chi connectivity index (χ2n) is 4.86. The Kier molecular flexibility index (Phi) is 2.28. The Bertz CT molecular complexity index is 363. The highest BCUT2D eigenvalue weighted by atomic mass is 15.1. The lowest BCUT2D eigenvalue weighted by molar-refractivity contribution is 0.544. The minimum Gasteiger partial charge on any atom is -0.332 e. The van der Waals surface area contributed by atoms with E-state index in [-0.39, 0.29) is 0 Å². The van der Waals surface area contributed by atoms with Crippen LogP contribution >= 0.6 is 0 Å². The van der Waals surface area contributed by atoms with Gasteiger partial charge in [-0.1, -0.05) is 12.8 Å². The van der Waals surface area contributed by atoms with Crippen LogP contribution in [0.25, 0.3) is 0 Å². The number of hydrogen-bond acceptors (Lipinski definition) is 2. The Hall–Kier alpha value is -0.830. The molecule has 0 amide bonds. The van der Waals surface area contributed by atoms with E-state index in [1.54, 1.807) is 0 Å². The van der Waals surface area contributed by atoms with E-state index in [0.29, 0.717) is 0 Å². The first-order valence-electron chi connectivity index (χ1n) is 6.10. The third-order valence-electron chi connectivity index (χ3n) is 3.64. The molecular weight excluding hydrogens is 186 g/mol. The SMILES string of the molecule is Cc1nc2c(n1CCC1CC1)CCNC2. The van der Waals surface area contributed by atoms with E-state index in [0.717, 1.165) is 25.4 Å². The van der Waals surface area contributed by atoms with Gasteiger partial charge in [-0.05, 0) is 19.3 Å². The lowest BCUT2D eigenvalue weighted by atomic mass is 10.2. The Labute approximate surface area is 90.9 Å². The van der Waals surface area contributed by atoms with Crippen molar-refractivity contribution in [2.75, 3.05) is 6.54 Å². The molecule has 1 aromatic rings. The third-order valence-corrected chi connectivity index (χ3v) is 3.64. The molecule has 1 aliphatic carbocycles. The molecule has 1 saturated carbocycles. The first-order valence-corrected chi connectivity index (χ1v) is 6.10. The molecule has 15 heavy (non-hydrogen) atoms. The molecule has 1 aromatic heterocycles. The number of aromatic nitrogens is 2. The van der Waals surface area contributed by atoms with Crippen LogP contribution < -0.4 is 5.32 Å². The summed E-state index contributed by atoms with van der Waals surface area (Å²) in [4.78, 5) is 4.65. The fraction of sp³-hybridized carbons (Fsp3) is 0.750. The summed E-state index contributed by atoms with van der Waals surface area (Å²) in [6.45, 7) is 5.41. The van der Waals surface area contributed by atoms with Crippen molar-refractivity contribution in [3.63, 3.8) is 0 Å². The number of imidazole rings is 1. The van der Waals surface area contributed by atoms with Gasteiger partial charge in [-0.2, -0.15) is 0 Å². The van der Waals surface area contributed by atoms with Gasteiger partial charge in [0.15, 0.2) is 0 Å². The van der Waals surface area contributed by atoms with Gasteiger partial charge in [0.05, 0.1) is 5.69 Å². The van der Waals surface area contributed by atoms with Gasteiger partial charge in [0, 0.05) is 31.7 Å². The Morgan fingerprint density at radius 3 is 3.13 bits per heavy atom. The van der Waals surface area contributed by atoms with Crippen molar-refractivity contribution >= 4 is 0 Å². The maximum absolute atomic E-state index is 4.65. The number of fused-ring (bicyclic) bond motifs is 1. The lowest BCUT2D eigenvalue weighted by Crippen LogP contribution is -2.25. The number of hydrogen-bond donors (Lipinski definition) is 1. The van der Waals surface area contributed by atoms with E-state index >= 15 is 0 Å². The van der Waals surface area contributed by atoms with Gasteiger partial charge < -0.3 is 9.88 Å². The average molecular weight is 205 g/mol. The first kappa shape index (κ1) is 9.40. The van der Waals surface area contributed by atoms with Gasteiger partial charge >= 0.3 is 0 Å². The van der Waals surface area contributed by atoms with E-state index in [1.807, 2.05) is 0 Å². The van der Waals surface area contributed by atoms with Crippen LogP contribution in [0.2, 0.25) is 0 Å². The molecule has 0 bridgehead atoms. The molecule has 1 aliphatic heterocycles. The van der Waals surface area contributed by atoms with Gasteiger partial charge in [0.2, 0.25) is 0 Å². The van der Waals surface area contributed by atoms with E-state index in [2.05, 4.69) is 21.8 Å². The highest BCUT2D eigenvalue weighted by Crippen LogP contribution is 2.33. The molecule has 0 unspecified atom stereocenters. The zero-order valence-electron chi connectivity index (χ0n) is 9.42. The van der Waals surface area contributed by atoms with Crippen molar-refractivity contribution in [3.8, 4) is 0 Å². The normalized spacial score (nSPS) is 20.3. The van der Waals surface area contributed by atoms with E-state index in [4.69, 9.17) is 0 Å². The number of rotatable bonds is 3. The molecule has 1 fully saturated rings. The van der Waals surface area contributed by atoms with Crippen LogP contribution in [0.3, 0.4) is 0 Å². The topological polar surface area (TPSA) is 29.9 Å². The molecular formula is C12H19N3. The third kappa shape index (κ3) is 1.81. The van der Waals surface area contributed by atoms with Crippen molar-refractivity contribution in [1.82, 2.24) is 14.9 Å². The summed E-state index contributed by atoms with van der Waals surface area (Å²) in [5.74, 6) is 2.23. The number of aryl methyl sites for hydroxylation is 1. The largest absolute Gasteiger partial charge is 0.332 e. The molecule has 0 spiro atoms.